The highest BCUT2D eigenvalue weighted by molar-refractivity contribution is 6.54. The van der Waals surface area contributed by atoms with Crippen LogP contribution in [-0.2, 0) is 14.1 Å². The van der Waals surface area contributed by atoms with Crippen molar-refractivity contribution in [2.45, 2.75) is 58.7 Å². The van der Waals surface area contributed by atoms with Crippen LogP contribution in [0.1, 0.15) is 47.5 Å². The third-order valence-corrected chi connectivity index (χ3v) is 4.73. The molecule has 1 saturated heterocycles. The molecule has 1 heterocycles. The molecule has 0 radical (unpaired) electrons. The SMILES string of the molecule is C[C@H]1C=C(B2OC(C)(C)C(C)(C)O2)CC[C@H]1C(=O)O. The lowest BCUT2D eigenvalue weighted by molar-refractivity contribution is -0.143. The van der Waals surface area contributed by atoms with E-state index in [0.717, 1.165) is 11.9 Å². The molecule has 0 spiro atoms. The minimum Gasteiger partial charge on any atom is -0.481 e. The fourth-order valence-electron chi connectivity index (χ4n) is 2.66. The molecule has 0 bridgehead atoms. The molecule has 0 aromatic carbocycles. The molecule has 0 amide bonds. The van der Waals surface area contributed by atoms with Gasteiger partial charge in [-0.3, -0.25) is 4.79 Å². The summed E-state index contributed by atoms with van der Waals surface area (Å²) >= 11 is 0. The van der Waals surface area contributed by atoms with Crippen LogP contribution in [0.25, 0.3) is 0 Å². The van der Waals surface area contributed by atoms with Gasteiger partial charge in [0.05, 0.1) is 17.1 Å². The summed E-state index contributed by atoms with van der Waals surface area (Å²) in [5.74, 6) is -0.969. The zero-order chi connectivity index (χ0) is 14.4. The molecule has 1 fully saturated rings. The molecular formula is C14H23BO4. The van der Waals surface area contributed by atoms with Crippen LogP contribution < -0.4 is 0 Å². The van der Waals surface area contributed by atoms with Gasteiger partial charge >= 0.3 is 13.1 Å². The quantitative estimate of drug-likeness (QED) is 0.781. The van der Waals surface area contributed by atoms with E-state index in [-0.39, 0.29) is 30.2 Å². The van der Waals surface area contributed by atoms with E-state index in [1.54, 1.807) is 0 Å². The van der Waals surface area contributed by atoms with E-state index >= 15 is 0 Å². The van der Waals surface area contributed by atoms with Gasteiger partial charge in [0.2, 0.25) is 0 Å². The van der Waals surface area contributed by atoms with Gasteiger partial charge in [-0.1, -0.05) is 13.0 Å². The number of hydrogen-bond donors (Lipinski definition) is 1. The molecule has 1 aliphatic heterocycles. The maximum absolute atomic E-state index is 11.1. The Kier molecular flexibility index (Phi) is 3.56. The van der Waals surface area contributed by atoms with Gasteiger partial charge in [-0.25, -0.2) is 0 Å². The molecule has 0 unspecified atom stereocenters. The summed E-state index contributed by atoms with van der Waals surface area (Å²) in [5, 5.41) is 9.13. The van der Waals surface area contributed by atoms with Gasteiger partial charge in [0.1, 0.15) is 0 Å². The van der Waals surface area contributed by atoms with Gasteiger partial charge in [-0.15, -0.1) is 0 Å². The van der Waals surface area contributed by atoms with Crippen molar-refractivity contribution in [2.24, 2.45) is 11.8 Å². The van der Waals surface area contributed by atoms with Crippen LogP contribution in [0.4, 0.5) is 0 Å². The number of carboxylic acid groups (broad SMARTS) is 1. The number of rotatable bonds is 2. The second kappa shape index (κ2) is 4.63. The normalized spacial score (nSPS) is 33.1. The Morgan fingerprint density at radius 1 is 1.32 bits per heavy atom. The molecule has 4 nitrogen and oxygen atoms in total. The molecule has 1 N–H and O–H groups in total. The monoisotopic (exact) mass is 266 g/mol. The Balaban J connectivity index is 2.14. The third-order valence-electron chi connectivity index (χ3n) is 4.73. The summed E-state index contributed by atoms with van der Waals surface area (Å²) in [6.45, 7) is 10.1. The zero-order valence-electron chi connectivity index (χ0n) is 12.4. The van der Waals surface area contributed by atoms with Crippen molar-refractivity contribution in [1.29, 1.82) is 0 Å². The largest absolute Gasteiger partial charge is 0.490 e. The molecule has 0 aromatic heterocycles. The van der Waals surface area contributed by atoms with Gasteiger partial charge in [-0.2, -0.15) is 0 Å². The van der Waals surface area contributed by atoms with Gasteiger partial charge < -0.3 is 14.4 Å². The number of carboxylic acids is 1. The van der Waals surface area contributed by atoms with Crippen molar-refractivity contribution >= 4 is 13.1 Å². The minimum atomic E-state index is -0.711. The molecule has 0 aromatic rings. The van der Waals surface area contributed by atoms with Crippen LogP contribution in [-0.4, -0.2) is 29.4 Å². The van der Waals surface area contributed by atoms with Crippen LogP contribution in [0.15, 0.2) is 11.5 Å². The molecule has 0 saturated carbocycles. The molecule has 5 heteroatoms. The van der Waals surface area contributed by atoms with Crippen molar-refractivity contribution in [2.75, 3.05) is 0 Å². The fraction of sp³-hybridized carbons (Fsp3) is 0.786. The van der Waals surface area contributed by atoms with E-state index in [1.807, 2.05) is 40.7 Å². The Labute approximate surface area is 115 Å². The molecule has 2 rings (SSSR count). The summed E-state index contributed by atoms with van der Waals surface area (Å²) in [4.78, 5) is 11.1. The smallest absolute Gasteiger partial charge is 0.481 e. The number of aliphatic carboxylic acids is 1. The average molecular weight is 266 g/mol. The first-order chi connectivity index (χ1) is 8.64. The van der Waals surface area contributed by atoms with E-state index in [9.17, 15) is 4.79 Å². The standard InChI is InChI=1S/C14H23BO4/c1-9-8-10(6-7-11(9)12(16)17)15-18-13(2,3)14(4,5)19-15/h8-9,11H,6-7H2,1-5H3,(H,16,17)/t9-,11+/m0/s1. The summed E-state index contributed by atoms with van der Waals surface area (Å²) in [5.41, 5.74) is 0.403. The van der Waals surface area contributed by atoms with Crippen LogP contribution in [0, 0.1) is 11.8 Å². The zero-order valence-corrected chi connectivity index (χ0v) is 12.4. The third kappa shape index (κ3) is 2.58. The van der Waals surface area contributed by atoms with Crippen LogP contribution in [0.3, 0.4) is 0 Å². The summed E-state index contributed by atoms with van der Waals surface area (Å²) < 4.78 is 12.0. The Morgan fingerprint density at radius 3 is 2.26 bits per heavy atom. The molecule has 2 aliphatic rings. The van der Waals surface area contributed by atoms with E-state index in [2.05, 4.69) is 0 Å². The highest BCUT2D eigenvalue weighted by Gasteiger charge is 2.52. The average Bonchev–Trinajstić information content (AvgIpc) is 2.47. The maximum atomic E-state index is 11.1. The lowest BCUT2D eigenvalue weighted by Gasteiger charge is -2.32. The van der Waals surface area contributed by atoms with Crippen LogP contribution >= 0.6 is 0 Å². The molecule has 106 valence electrons. The number of carbonyl (C=O) groups is 1. The molecule has 19 heavy (non-hydrogen) atoms. The summed E-state index contributed by atoms with van der Waals surface area (Å²) in [6, 6.07) is 0. The summed E-state index contributed by atoms with van der Waals surface area (Å²) in [6.07, 6.45) is 3.41. The molecule has 2 atom stereocenters. The van der Waals surface area contributed by atoms with E-state index < -0.39 is 5.97 Å². The lowest BCUT2D eigenvalue weighted by Crippen LogP contribution is -2.41. The van der Waals surface area contributed by atoms with Gasteiger partial charge in [0.15, 0.2) is 0 Å². The van der Waals surface area contributed by atoms with Gasteiger partial charge in [0, 0.05) is 0 Å². The minimum absolute atomic E-state index is 0.0280. The second-order valence-corrected chi connectivity index (χ2v) is 6.67. The lowest BCUT2D eigenvalue weighted by atomic mass is 9.68. The van der Waals surface area contributed by atoms with E-state index in [0.29, 0.717) is 6.42 Å². The van der Waals surface area contributed by atoms with Crippen LogP contribution in [0.5, 0.6) is 0 Å². The van der Waals surface area contributed by atoms with Crippen molar-refractivity contribution in [1.82, 2.24) is 0 Å². The van der Waals surface area contributed by atoms with E-state index in [1.165, 1.54) is 0 Å². The molecule has 1 aliphatic carbocycles. The number of allylic oxidation sites excluding steroid dienone is 2. The highest BCUT2D eigenvalue weighted by Crippen LogP contribution is 2.41. The fourth-order valence-corrected chi connectivity index (χ4v) is 2.66. The topological polar surface area (TPSA) is 55.8 Å². The van der Waals surface area contributed by atoms with Gasteiger partial charge in [-0.05, 0) is 51.9 Å². The van der Waals surface area contributed by atoms with Crippen molar-refractivity contribution < 1.29 is 19.2 Å². The Hall–Kier alpha value is -0.805. The first-order valence-electron chi connectivity index (χ1n) is 6.93. The highest BCUT2D eigenvalue weighted by atomic mass is 16.7. The first kappa shape index (κ1) is 14.6. The van der Waals surface area contributed by atoms with Crippen molar-refractivity contribution in [3.05, 3.63) is 11.5 Å². The second-order valence-electron chi connectivity index (χ2n) is 6.67. The Bertz CT molecular complexity index is 398. The first-order valence-corrected chi connectivity index (χ1v) is 6.93. The maximum Gasteiger partial charge on any atom is 0.490 e. The Morgan fingerprint density at radius 2 is 1.84 bits per heavy atom. The predicted octanol–water partition coefficient (Wildman–Crippen LogP) is 2.67. The number of hydrogen-bond acceptors (Lipinski definition) is 3. The van der Waals surface area contributed by atoms with Crippen molar-refractivity contribution in [3.63, 3.8) is 0 Å². The molecular weight excluding hydrogens is 243 g/mol. The van der Waals surface area contributed by atoms with E-state index in [4.69, 9.17) is 14.4 Å². The van der Waals surface area contributed by atoms with Gasteiger partial charge in [0.25, 0.3) is 0 Å². The summed E-state index contributed by atoms with van der Waals surface area (Å²) in [7, 11) is -0.331. The predicted molar refractivity (Wildman–Crippen MR) is 73.7 cm³/mol. The van der Waals surface area contributed by atoms with Crippen molar-refractivity contribution in [3.8, 4) is 0 Å². The van der Waals surface area contributed by atoms with Crippen LogP contribution in [0.2, 0.25) is 0 Å².